The highest BCUT2D eigenvalue weighted by atomic mass is 15.1. The first-order valence-electron chi connectivity index (χ1n) is 19.9. The molecule has 0 aliphatic heterocycles. The van der Waals surface area contributed by atoms with Gasteiger partial charge in [0.2, 0.25) is 0 Å². The number of hydrogen-bond donors (Lipinski definition) is 0. The molecule has 0 radical (unpaired) electrons. The van der Waals surface area contributed by atoms with E-state index in [2.05, 4.69) is 240 Å². The van der Waals surface area contributed by atoms with Gasteiger partial charge in [-0.3, -0.25) is 0 Å². The van der Waals surface area contributed by atoms with Gasteiger partial charge in [0.15, 0.2) is 0 Å². The molecule has 2 nitrogen and oxygen atoms in total. The lowest BCUT2D eigenvalue weighted by atomic mass is 9.94. The second kappa shape index (κ2) is 14.1. The van der Waals surface area contributed by atoms with E-state index in [9.17, 15) is 0 Å². The van der Waals surface area contributed by atoms with Crippen LogP contribution in [0.25, 0.3) is 82.4 Å². The van der Waals surface area contributed by atoms with Gasteiger partial charge >= 0.3 is 0 Å². The lowest BCUT2D eigenvalue weighted by Gasteiger charge is -2.29. The minimum absolute atomic E-state index is 1.08. The van der Waals surface area contributed by atoms with Crippen molar-refractivity contribution in [3.8, 4) is 39.1 Å². The molecule has 0 amide bonds. The van der Waals surface area contributed by atoms with Gasteiger partial charge in [-0.05, 0) is 104 Å². The van der Waals surface area contributed by atoms with E-state index in [-0.39, 0.29) is 0 Å². The predicted octanol–water partition coefficient (Wildman–Crippen LogP) is 15.6. The summed E-state index contributed by atoms with van der Waals surface area (Å²) in [5, 5.41) is 7.45. The number of nitrogens with zero attached hydrogens (tertiary/aromatic N) is 2. The first kappa shape index (κ1) is 33.6. The first-order valence-corrected chi connectivity index (χ1v) is 19.9. The third-order valence-electron chi connectivity index (χ3n) is 11.5. The van der Waals surface area contributed by atoms with Crippen molar-refractivity contribution >= 4 is 60.4 Å². The number of para-hydroxylation sites is 1. The quantitative estimate of drug-likeness (QED) is 0.158. The van der Waals surface area contributed by atoms with E-state index in [1.54, 1.807) is 0 Å². The molecule has 1 aromatic heterocycles. The molecule has 0 aliphatic rings. The molecule has 11 aromatic rings. The third-order valence-corrected chi connectivity index (χ3v) is 11.5. The number of anilines is 3. The van der Waals surface area contributed by atoms with Crippen molar-refractivity contribution in [2.75, 3.05) is 4.90 Å². The van der Waals surface area contributed by atoms with E-state index in [1.165, 1.54) is 71.2 Å². The molecule has 58 heavy (non-hydrogen) atoms. The molecular weight excluding hydrogens is 701 g/mol. The molecule has 11 rings (SSSR count). The summed E-state index contributed by atoms with van der Waals surface area (Å²) >= 11 is 0. The zero-order chi connectivity index (χ0) is 38.4. The highest BCUT2D eigenvalue weighted by Gasteiger charge is 2.21. The Balaban J connectivity index is 1.16. The molecule has 0 spiro atoms. The highest BCUT2D eigenvalue weighted by molar-refractivity contribution is 6.25. The number of benzene rings is 10. The monoisotopic (exact) mass is 738 g/mol. The Bertz CT molecular complexity index is 3270. The SMILES string of the molecule is c1ccc(-c2ccc(N(c3cccc(-n4c5ccccc5c5c6c(-c7ccccc7)cccc6ccc54)c3)c3ccc4ccccc4c3)c(-c3ccccc3)c2)cc1. The number of hydrogen-bond acceptors (Lipinski definition) is 1. The van der Waals surface area contributed by atoms with Crippen LogP contribution in [0.1, 0.15) is 0 Å². The van der Waals surface area contributed by atoms with E-state index < -0.39 is 0 Å². The van der Waals surface area contributed by atoms with Crippen molar-refractivity contribution in [3.63, 3.8) is 0 Å². The van der Waals surface area contributed by atoms with Crippen LogP contribution in [0.15, 0.2) is 231 Å². The van der Waals surface area contributed by atoms with E-state index in [1.807, 2.05) is 0 Å². The predicted molar refractivity (Wildman–Crippen MR) is 247 cm³/mol. The van der Waals surface area contributed by atoms with Crippen molar-refractivity contribution < 1.29 is 0 Å². The third kappa shape index (κ3) is 5.74. The van der Waals surface area contributed by atoms with Gasteiger partial charge in [-0.15, -0.1) is 0 Å². The zero-order valence-corrected chi connectivity index (χ0v) is 31.8. The second-order valence-electron chi connectivity index (χ2n) is 14.9. The van der Waals surface area contributed by atoms with Crippen molar-refractivity contribution in [3.05, 3.63) is 231 Å². The van der Waals surface area contributed by atoms with E-state index in [0.717, 1.165) is 28.3 Å². The Hall–Kier alpha value is -7.68. The minimum Gasteiger partial charge on any atom is -0.310 e. The van der Waals surface area contributed by atoms with Crippen LogP contribution in [0.2, 0.25) is 0 Å². The molecule has 0 saturated carbocycles. The first-order chi connectivity index (χ1) is 28.8. The number of fused-ring (bicyclic) bond motifs is 6. The van der Waals surface area contributed by atoms with Gasteiger partial charge < -0.3 is 9.47 Å². The molecule has 0 fully saturated rings. The van der Waals surface area contributed by atoms with Crippen LogP contribution in [-0.2, 0) is 0 Å². The van der Waals surface area contributed by atoms with Gasteiger partial charge in [0.1, 0.15) is 0 Å². The minimum atomic E-state index is 1.08. The molecule has 0 unspecified atom stereocenters. The van der Waals surface area contributed by atoms with Crippen LogP contribution in [0.5, 0.6) is 0 Å². The normalized spacial score (nSPS) is 11.4. The Morgan fingerprint density at radius 1 is 0.310 bits per heavy atom. The van der Waals surface area contributed by atoms with Gasteiger partial charge in [0.25, 0.3) is 0 Å². The van der Waals surface area contributed by atoms with E-state index >= 15 is 0 Å². The van der Waals surface area contributed by atoms with Crippen LogP contribution in [0.3, 0.4) is 0 Å². The molecule has 10 aromatic carbocycles. The van der Waals surface area contributed by atoms with Crippen LogP contribution < -0.4 is 4.90 Å². The molecule has 0 saturated heterocycles. The van der Waals surface area contributed by atoms with Crippen molar-refractivity contribution in [1.29, 1.82) is 0 Å². The zero-order valence-electron chi connectivity index (χ0n) is 31.8. The summed E-state index contributed by atoms with van der Waals surface area (Å²) in [5.74, 6) is 0. The maximum absolute atomic E-state index is 2.45. The molecule has 1 heterocycles. The standard InChI is InChI=1S/C56H38N2/c1-4-16-39(17-5-1)45-32-34-53(51(37-45)42-21-8-3-9-22-42)57(48-33-30-40-18-10-11-23-44(40)36-48)46-25-15-26-47(38-46)58-52-29-13-12-27-50(52)56-54(58)35-31-43-24-14-28-49(55(43)56)41-19-6-2-7-20-41/h1-38H. The molecule has 272 valence electrons. The van der Waals surface area contributed by atoms with Gasteiger partial charge in [0, 0.05) is 33.4 Å². The topological polar surface area (TPSA) is 8.17 Å². The smallest absolute Gasteiger partial charge is 0.0547 e. The summed E-state index contributed by atoms with van der Waals surface area (Å²) in [6, 6.07) is 83.7. The fourth-order valence-electron chi connectivity index (χ4n) is 8.88. The maximum atomic E-state index is 2.45. The average Bonchev–Trinajstić information content (AvgIpc) is 3.65. The van der Waals surface area contributed by atoms with Crippen LogP contribution in [0, 0.1) is 0 Å². The largest absolute Gasteiger partial charge is 0.310 e. The Morgan fingerprint density at radius 3 is 1.72 bits per heavy atom. The Morgan fingerprint density at radius 2 is 0.931 bits per heavy atom. The summed E-state index contributed by atoms with van der Waals surface area (Å²) in [6.45, 7) is 0. The molecule has 2 heteroatoms. The lowest BCUT2D eigenvalue weighted by Crippen LogP contribution is -2.12. The molecule has 0 aliphatic carbocycles. The molecule has 0 bridgehead atoms. The summed E-state index contributed by atoms with van der Waals surface area (Å²) < 4.78 is 2.45. The van der Waals surface area contributed by atoms with Crippen LogP contribution >= 0.6 is 0 Å². The van der Waals surface area contributed by atoms with Gasteiger partial charge in [-0.2, -0.15) is 0 Å². The molecule has 0 atom stereocenters. The van der Waals surface area contributed by atoms with Crippen molar-refractivity contribution in [2.24, 2.45) is 0 Å². The summed E-state index contributed by atoms with van der Waals surface area (Å²) in [6.07, 6.45) is 0. The van der Waals surface area contributed by atoms with Crippen molar-refractivity contribution in [1.82, 2.24) is 4.57 Å². The Kier molecular flexibility index (Phi) is 8.19. The van der Waals surface area contributed by atoms with Gasteiger partial charge in [-0.25, -0.2) is 0 Å². The summed E-state index contributed by atoms with van der Waals surface area (Å²) in [4.78, 5) is 2.43. The van der Waals surface area contributed by atoms with Crippen molar-refractivity contribution in [2.45, 2.75) is 0 Å². The molecule has 0 N–H and O–H groups in total. The molecular formula is C56H38N2. The van der Waals surface area contributed by atoms with Crippen LogP contribution in [0.4, 0.5) is 17.1 Å². The average molecular weight is 739 g/mol. The second-order valence-corrected chi connectivity index (χ2v) is 14.9. The number of rotatable bonds is 7. The lowest BCUT2D eigenvalue weighted by molar-refractivity contribution is 1.17. The van der Waals surface area contributed by atoms with Gasteiger partial charge in [-0.1, -0.05) is 176 Å². The van der Waals surface area contributed by atoms with Crippen LogP contribution in [-0.4, -0.2) is 4.57 Å². The summed E-state index contributed by atoms with van der Waals surface area (Å²) in [5.41, 5.74) is 13.9. The van der Waals surface area contributed by atoms with E-state index in [4.69, 9.17) is 0 Å². The van der Waals surface area contributed by atoms with Gasteiger partial charge in [0.05, 0.1) is 16.7 Å². The fraction of sp³-hybridized carbons (Fsp3) is 0. The number of aromatic nitrogens is 1. The highest BCUT2D eigenvalue weighted by Crippen LogP contribution is 2.45. The fourth-order valence-corrected chi connectivity index (χ4v) is 8.88. The Labute approximate surface area is 338 Å². The van der Waals surface area contributed by atoms with E-state index in [0.29, 0.717) is 0 Å². The summed E-state index contributed by atoms with van der Waals surface area (Å²) in [7, 11) is 0. The maximum Gasteiger partial charge on any atom is 0.0547 e.